The van der Waals surface area contributed by atoms with Gasteiger partial charge in [-0.3, -0.25) is 9.59 Å². The van der Waals surface area contributed by atoms with E-state index in [1.54, 1.807) is 29.2 Å². The number of carbonyl (C=O) groups excluding carboxylic acids is 2. The number of carbonyl (C=O) groups is 2. The van der Waals surface area contributed by atoms with Gasteiger partial charge in [-0.2, -0.15) is 0 Å². The second-order valence-electron chi connectivity index (χ2n) is 6.89. The lowest BCUT2D eigenvalue weighted by molar-refractivity contribution is -0.117. The summed E-state index contributed by atoms with van der Waals surface area (Å²) in [6.07, 6.45) is 3.39. The largest absolute Gasteiger partial charge is 0.495 e. The molecule has 9 heteroatoms. The number of pyridine rings is 1. The van der Waals surface area contributed by atoms with Crippen LogP contribution in [0.3, 0.4) is 0 Å². The number of halogens is 1. The number of nitrogens with one attached hydrogen (secondary N) is 2. The van der Waals surface area contributed by atoms with Crippen molar-refractivity contribution in [2.75, 3.05) is 42.3 Å². The van der Waals surface area contributed by atoms with Crippen LogP contribution in [0.5, 0.6) is 5.75 Å². The summed E-state index contributed by atoms with van der Waals surface area (Å²) in [7, 11) is 1.52. The lowest BCUT2D eigenvalue weighted by Crippen LogP contribution is -2.44. The average molecular weight is 417 g/mol. The molecule has 2 amide bonds. The van der Waals surface area contributed by atoms with Gasteiger partial charge in [0.25, 0.3) is 5.91 Å². The smallest absolute Gasteiger partial charge is 0.257 e. The van der Waals surface area contributed by atoms with Crippen molar-refractivity contribution in [2.45, 2.75) is 18.9 Å². The van der Waals surface area contributed by atoms with Crippen LogP contribution in [0, 0.1) is 0 Å². The van der Waals surface area contributed by atoms with E-state index in [9.17, 15) is 9.59 Å². The lowest BCUT2D eigenvalue weighted by atomic mass is 10.1. The van der Waals surface area contributed by atoms with E-state index in [0.717, 1.165) is 12.8 Å². The van der Waals surface area contributed by atoms with Crippen molar-refractivity contribution in [3.63, 3.8) is 0 Å². The summed E-state index contributed by atoms with van der Waals surface area (Å²) in [4.78, 5) is 31.2. The first-order valence-electron chi connectivity index (χ1n) is 9.36. The SMILES string of the molecule is COc1ccc(NC(=O)c2cnc3c(c2)N(CC2CCCO2)C(=O)CN3)cc1Cl. The number of fused-ring (bicyclic) bond motifs is 1. The number of ether oxygens (including phenoxy) is 2. The Labute approximate surface area is 173 Å². The fourth-order valence-electron chi connectivity index (χ4n) is 3.45. The summed E-state index contributed by atoms with van der Waals surface area (Å²) in [5.74, 6) is 0.673. The van der Waals surface area contributed by atoms with Gasteiger partial charge in [0.15, 0.2) is 0 Å². The van der Waals surface area contributed by atoms with Gasteiger partial charge in [0.2, 0.25) is 5.91 Å². The number of rotatable bonds is 5. The molecule has 1 atom stereocenters. The van der Waals surface area contributed by atoms with Crippen molar-refractivity contribution < 1.29 is 19.1 Å². The molecular weight excluding hydrogens is 396 g/mol. The molecule has 1 saturated heterocycles. The first-order chi connectivity index (χ1) is 14.0. The van der Waals surface area contributed by atoms with Crippen molar-refractivity contribution in [1.29, 1.82) is 0 Å². The summed E-state index contributed by atoms with van der Waals surface area (Å²) in [6.45, 7) is 1.33. The fraction of sp³-hybridized carbons (Fsp3) is 0.350. The Bertz CT molecular complexity index is 946. The number of methoxy groups -OCH3 is 1. The van der Waals surface area contributed by atoms with Crippen LogP contribution in [0.4, 0.5) is 17.2 Å². The Morgan fingerprint density at radius 1 is 1.45 bits per heavy atom. The van der Waals surface area contributed by atoms with Crippen LogP contribution < -0.4 is 20.3 Å². The summed E-state index contributed by atoms with van der Waals surface area (Å²) in [5, 5.41) is 6.18. The van der Waals surface area contributed by atoms with Crippen molar-refractivity contribution in [1.82, 2.24) is 4.98 Å². The van der Waals surface area contributed by atoms with E-state index in [0.29, 0.717) is 46.7 Å². The number of nitrogens with zero attached hydrogens (tertiary/aromatic N) is 2. The molecule has 4 rings (SSSR count). The van der Waals surface area contributed by atoms with E-state index in [1.807, 2.05) is 0 Å². The molecule has 152 valence electrons. The summed E-state index contributed by atoms with van der Waals surface area (Å²) in [6, 6.07) is 6.65. The fourth-order valence-corrected chi connectivity index (χ4v) is 3.71. The van der Waals surface area contributed by atoms with Crippen LogP contribution in [-0.2, 0) is 9.53 Å². The maximum absolute atomic E-state index is 12.7. The quantitative estimate of drug-likeness (QED) is 0.778. The van der Waals surface area contributed by atoms with Crippen molar-refractivity contribution >= 4 is 40.6 Å². The highest BCUT2D eigenvalue weighted by molar-refractivity contribution is 6.32. The maximum atomic E-state index is 12.7. The molecule has 8 nitrogen and oxygen atoms in total. The van der Waals surface area contributed by atoms with Crippen LogP contribution in [0.15, 0.2) is 30.5 Å². The first-order valence-corrected chi connectivity index (χ1v) is 9.73. The molecule has 1 fully saturated rings. The highest BCUT2D eigenvalue weighted by Crippen LogP contribution is 2.31. The van der Waals surface area contributed by atoms with Crippen molar-refractivity contribution in [2.24, 2.45) is 0 Å². The highest BCUT2D eigenvalue weighted by atomic mass is 35.5. The van der Waals surface area contributed by atoms with E-state index in [4.69, 9.17) is 21.1 Å². The average Bonchev–Trinajstić information content (AvgIpc) is 3.23. The molecule has 1 aromatic carbocycles. The first kappa shape index (κ1) is 19.5. The van der Waals surface area contributed by atoms with E-state index >= 15 is 0 Å². The topological polar surface area (TPSA) is 92.8 Å². The second kappa shape index (κ2) is 8.26. The minimum Gasteiger partial charge on any atom is -0.495 e. The minimum atomic E-state index is -0.350. The zero-order valence-electron chi connectivity index (χ0n) is 15.9. The summed E-state index contributed by atoms with van der Waals surface area (Å²) >= 11 is 6.12. The second-order valence-corrected chi connectivity index (χ2v) is 7.30. The van der Waals surface area contributed by atoms with Gasteiger partial charge in [-0.1, -0.05) is 11.6 Å². The zero-order chi connectivity index (χ0) is 20.4. The van der Waals surface area contributed by atoms with Crippen LogP contribution in [0.1, 0.15) is 23.2 Å². The molecule has 1 aromatic heterocycles. The standard InChI is InChI=1S/C20H21ClN4O4/c1-28-17-5-4-13(8-15(17)21)24-20(27)12-7-16-19(22-9-12)23-10-18(26)25(16)11-14-3-2-6-29-14/h4-5,7-9,14H,2-3,6,10-11H2,1H3,(H,22,23)(H,24,27). The molecule has 0 saturated carbocycles. The zero-order valence-corrected chi connectivity index (χ0v) is 16.7. The number of hydrogen-bond donors (Lipinski definition) is 2. The Hall–Kier alpha value is -2.84. The number of hydrogen-bond acceptors (Lipinski definition) is 6. The highest BCUT2D eigenvalue weighted by Gasteiger charge is 2.29. The third-order valence-corrected chi connectivity index (χ3v) is 5.24. The minimum absolute atomic E-state index is 0.00354. The molecule has 2 N–H and O–H groups in total. The molecule has 2 aliphatic heterocycles. The molecular formula is C20H21ClN4O4. The summed E-state index contributed by atoms with van der Waals surface area (Å²) < 4.78 is 10.8. The molecule has 2 aliphatic rings. The van der Waals surface area contributed by atoms with Crippen molar-refractivity contribution in [3.8, 4) is 5.75 Å². The predicted octanol–water partition coefficient (Wildman–Crippen LogP) is 2.93. The van der Waals surface area contributed by atoms with Crippen LogP contribution in [0.2, 0.25) is 5.02 Å². The third kappa shape index (κ3) is 4.13. The molecule has 29 heavy (non-hydrogen) atoms. The van der Waals surface area contributed by atoms with Gasteiger partial charge in [-0.15, -0.1) is 0 Å². The van der Waals surface area contributed by atoms with Crippen LogP contribution in [0.25, 0.3) is 0 Å². The third-order valence-electron chi connectivity index (χ3n) is 4.95. The van der Waals surface area contributed by atoms with E-state index in [2.05, 4.69) is 15.6 Å². The maximum Gasteiger partial charge on any atom is 0.257 e. The van der Waals surface area contributed by atoms with E-state index in [-0.39, 0.29) is 24.5 Å². The Morgan fingerprint density at radius 2 is 2.31 bits per heavy atom. The molecule has 0 radical (unpaired) electrons. The Balaban J connectivity index is 1.55. The molecule has 3 heterocycles. The van der Waals surface area contributed by atoms with E-state index < -0.39 is 0 Å². The van der Waals surface area contributed by atoms with Gasteiger partial charge in [0.05, 0.1) is 42.6 Å². The predicted molar refractivity (Wildman–Crippen MR) is 110 cm³/mol. The number of aromatic nitrogens is 1. The Kier molecular flexibility index (Phi) is 5.55. The Morgan fingerprint density at radius 3 is 3.03 bits per heavy atom. The van der Waals surface area contributed by atoms with Gasteiger partial charge in [-0.05, 0) is 37.1 Å². The van der Waals surface area contributed by atoms with Gasteiger partial charge in [0, 0.05) is 18.5 Å². The normalized spacial score (nSPS) is 18.2. The number of anilines is 3. The monoisotopic (exact) mass is 416 g/mol. The molecule has 0 spiro atoms. The number of benzene rings is 1. The number of amides is 2. The molecule has 0 bridgehead atoms. The van der Waals surface area contributed by atoms with Gasteiger partial charge in [-0.25, -0.2) is 4.98 Å². The summed E-state index contributed by atoms with van der Waals surface area (Å²) in [5.41, 5.74) is 1.45. The van der Waals surface area contributed by atoms with Crippen LogP contribution >= 0.6 is 11.6 Å². The van der Waals surface area contributed by atoms with E-state index in [1.165, 1.54) is 13.3 Å². The van der Waals surface area contributed by atoms with Gasteiger partial charge >= 0.3 is 0 Å². The van der Waals surface area contributed by atoms with Gasteiger partial charge in [0.1, 0.15) is 11.6 Å². The molecule has 2 aromatic rings. The lowest BCUT2D eigenvalue weighted by Gasteiger charge is -2.31. The molecule has 0 aliphatic carbocycles. The van der Waals surface area contributed by atoms with Gasteiger partial charge < -0.3 is 25.0 Å². The molecule has 1 unspecified atom stereocenters. The van der Waals surface area contributed by atoms with Crippen LogP contribution in [-0.4, -0.2) is 49.7 Å². The van der Waals surface area contributed by atoms with Crippen molar-refractivity contribution in [3.05, 3.63) is 41.0 Å².